The highest BCUT2D eigenvalue weighted by atomic mass is 28.3. The summed E-state index contributed by atoms with van der Waals surface area (Å²) in [5.74, 6) is 2.19. The van der Waals surface area contributed by atoms with E-state index in [2.05, 4.69) is 51.0 Å². The van der Waals surface area contributed by atoms with E-state index in [0.717, 1.165) is 37.5 Å². The number of carbonyl (C=O) groups is 1. The molecule has 24 heavy (non-hydrogen) atoms. The van der Waals surface area contributed by atoms with Crippen LogP contribution in [-0.4, -0.2) is 57.1 Å². The van der Waals surface area contributed by atoms with E-state index < -0.39 is 8.24 Å². The molecule has 0 amide bonds. The number of methoxy groups -OCH3 is 1. The van der Waals surface area contributed by atoms with Crippen molar-refractivity contribution >= 4 is 14.2 Å². The van der Waals surface area contributed by atoms with Crippen LogP contribution in [0, 0.1) is 17.8 Å². The molecule has 0 atom stereocenters. The van der Waals surface area contributed by atoms with E-state index in [1.54, 1.807) is 0 Å². The zero-order chi connectivity index (χ0) is 18.3. The standard InChI is InChI=1S/C19H40N2O2Si/c1-16(2)12-24(13-17(3)4,14-18(5)6)21-11-10-20(15-21)9-8-19(22)23-7/h16-18H,8-15H2,1-7H3. The van der Waals surface area contributed by atoms with Crippen LogP contribution in [0.4, 0.5) is 0 Å². The van der Waals surface area contributed by atoms with Gasteiger partial charge >= 0.3 is 5.97 Å². The SMILES string of the molecule is COC(=O)CCN1CCN([Si](CC(C)C)(CC(C)C)CC(C)C)C1. The van der Waals surface area contributed by atoms with E-state index >= 15 is 0 Å². The van der Waals surface area contributed by atoms with Crippen LogP contribution in [0.25, 0.3) is 0 Å². The molecule has 5 heteroatoms. The number of ether oxygens (including phenoxy) is 1. The van der Waals surface area contributed by atoms with Crippen LogP contribution in [0.1, 0.15) is 48.0 Å². The van der Waals surface area contributed by atoms with Gasteiger partial charge in [0, 0.05) is 26.3 Å². The first-order valence-electron chi connectivity index (χ1n) is 9.72. The lowest BCUT2D eigenvalue weighted by Crippen LogP contribution is -2.55. The molecule has 142 valence electrons. The Hall–Kier alpha value is -0.393. The van der Waals surface area contributed by atoms with Gasteiger partial charge in [-0.25, -0.2) is 0 Å². The molecule has 0 aliphatic carbocycles. The Kier molecular flexibility index (Phi) is 8.95. The first-order chi connectivity index (χ1) is 11.2. The largest absolute Gasteiger partial charge is 0.469 e. The lowest BCUT2D eigenvalue weighted by Gasteiger charge is -2.43. The molecule has 0 bridgehead atoms. The Morgan fingerprint density at radius 3 is 1.88 bits per heavy atom. The maximum absolute atomic E-state index is 11.4. The van der Waals surface area contributed by atoms with E-state index in [4.69, 9.17) is 4.74 Å². The monoisotopic (exact) mass is 356 g/mol. The van der Waals surface area contributed by atoms with Gasteiger partial charge < -0.3 is 9.30 Å². The molecule has 0 aromatic carbocycles. The van der Waals surface area contributed by atoms with Crippen LogP contribution in [-0.2, 0) is 9.53 Å². The van der Waals surface area contributed by atoms with Gasteiger partial charge in [0.05, 0.1) is 13.5 Å². The van der Waals surface area contributed by atoms with Crippen molar-refractivity contribution in [2.45, 2.75) is 66.1 Å². The van der Waals surface area contributed by atoms with Crippen molar-refractivity contribution in [2.24, 2.45) is 17.8 Å². The molecular weight excluding hydrogens is 316 g/mol. The average Bonchev–Trinajstić information content (AvgIpc) is 2.91. The van der Waals surface area contributed by atoms with Crippen LogP contribution in [0.2, 0.25) is 18.1 Å². The van der Waals surface area contributed by atoms with Crippen LogP contribution >= 0.6 is 0 Å². The molecule has 0 unspecified atom stereocenters. The maximum atomic E-state index is 11.4. The van der Waals surface area contributed by atoms with Gasteiger partial charge in [0.1, 0.15) is 8.24 Å². The summed E-state index contributed by atoms with van der Waals surface area (Å²) >= 11 is 0. The summed E-state index contributed by atoms with van der Waals surface area (Å²) in [6.07, 6.45) is 0.511. The number of nitrogens with zero attached hydrogens (tertiary/aromatic N) is 2. The Labute approximate surface area is 151 Å². The second-order valence-corrected chi connectivity index (χ2v) is 13.2. The molecule has 1 rings (SSSR count). The van der Waals surface area contributed by atoms with Gasteiger partial charge in [-0.1, -0.05) is 41.5 Å². The summed E-state index contributed by atoms with van der Waals surface area (Å²) in [4.78, 5) is 13.9. The maximum Gasteiger partial charge on any atom is 0.306 e. The van der Waals surface area contributed by atoms with E-state index in [1.165, 1.54) is 31.8 Å². The van der Waals surface area contributed by atoms with Gasteiger partial charge in [-0.3, -0.25) is 9.69 Å². The first-order valence-corrected chi connectivity index (χ1v) is 12.3. The van der Waals surface area contributed by atoms with Gasteiger partial charge in [-0.05, 0) is 35.9 Å². The highest BCUT2D eigenvalue weighted by Crippen LogP contribution is 2.36. The van der Waals surface area contributed by atoms with E-state index in [0.29, 0.717) is 6.42 Å². The van der Waals surface area contributed by atoms with Crippen molar-refractivity contribution in [1.29, 1.82) is 0 Å². The predicted octanol–water partition coefficient (Wildman–Crippen LogP) is 4.04. The Bertz CT molecular complexity index is 359. The molecule has 1 fully saturated rings. The van der Waals surface area contributed by atoms with E-state index in [-0.39, 0.29) is 5.97 Å². The zero-order valence-corrected chi connectivity index (χ0v) is 18.1. The molecule has 0 aromatic heterocycles. The van der Waals surface area contributed by atoms with Crippen molar-refractivity contribution in [2.75, 3.05) is 33.4 Å². The van der Waals surface area contributed by atoms with Crippen molar-refractivity contribution < 1.29 is 9.53 Å². The first kappa shape index (κ1) is 21.6. The van der Waals surface area contributed by atoms with Gasteiger partial charge in [0.2, 0.25) is 0 Å². The van der Waals surface area contributed by atoms with E-state index in [9.17, 15) is 4.79 Å². The predicted molar refractivity (Wildman–Crippen MR) is 104 cm³/mol. The Morgan fingerprint density at radius 2 is 1.46 bits per heavy atom. The number of esters is 1. The molecule has 4 nitrogen and oxygen atoms in total. The third-order valence-corrected chi connectivity index (χ3v) is 11.4. The van der Waals surface area contributed by atoms with Gasteiger partial charge in [-0.2, -0.15) is 0 Å². The summed E-state index contributed by atoms with van der Waals surface area (Å²) in [6.45, 7) is 18.5. The van der Waals surface area contributed by atoms with E-state index in [1.807, 2.05) is 0 Å². The number of rotatable bonds is 10. The highest BCUT2D eigenvalue weighted by Gasteiger charge is 2.43. The number of hydrogen-bond acceptors (Lipinski definition) is 4. The summed E-state index contributed by atoms with van der Waals surface area (Å²) in [5.41, 5.74) is 0. The molecular formula is C19H40N2O2Si. The molecule has 1 heterocycles. The summed E-state index contributed by atoms with van der Waals surface area (Å²) in [5, 5.41) is 0. The molecule has 0 radical (unpaired) electrons. The highest BCUT2D eigenvalue weighted by molar-refractivity contribution is 6.77. The smallest absolute Gasteiger partial charge is 0.306 e. The zero-order valence-electron chi connectivity index (χ0n) is 17.1. The fraction of sp³-hybridized carbons (Fsp3) is 0.947. The molecule has 0 saturated carbocycles. The second kappa shape index (κ2) is 9.93. The second-order valence-electron chi connectivity index (χ2n) is 8.87. The molecule has 1 saturated heterocycles. The molecule has 0 aromatic rings. The summed E-state index contributed by atoms with van der Waals surface area (Å²) < 4.78 is 7.64. The normalized spacial score (nSPS) is 17.4. The third kappa shape index (κ3) is 6.85. The molecule has 1 aliphatic heterocycles. The van der Waals surface area contributed by atoms with Crippen LogP contribution < -0.4 is 0 Å². The Morgan fingerprint density at radius 1 is 0.958 bits per heavy atom. The third-order valence-electron chi connectivity index (χ3n) is 4.95. The lowest BCUT2D eigenvalue weighted by atomic mass is 10.2. The minimum Gasteiger partial charge on any atom is -0.469 e. The summed E-state index contributed by atoms with van der Waals surface area (Å²) in [7, 11) is -0.00588. The van der Waals surface area contributed by atoms with Crippen LogP contribution in [0.5, 0.6) is 0 Å². The average molecular weight is 357 g/mol. The molecule has 0 spiro atoms. The van der Waals surface area contributed by atoms with Gasteiger partial charge in [0.25, 0.3) is 0 Å². The van der Waals surface area contributed by atoms with Crippen LogP contribution in [0.15, 0.2) is 0 Å². The topological polar surface area (TPSA) is 32.8 Å². The fourth-order valence-electron chi connectivity index (χ4n) is 4.48. The van der Waals surface area contributed by atoms with Crippen molar-refractivity contribution in [3.63, 3.8) is 0 Å². The minimum absolute atomic E-state index is 0.0940. The summed E-state index contributed by atoms with van der Waals surface area (Å²) in [6, 6.07) is 4.19. The van der Waals surface area contributed by atoms with Crippen molar-refractivity contribution in [1.82, 2.24) is 9.47 Å². The van der Waals surface area contributed by atoms with Crippen molar-refractivity contribution in [3.05, 3.63) is 0 Å². The van der Waals surface area contributed by atoms with Crippen LogP contribution in [0.3, 0.4) is 0 Å². The number of hydrogen-bond donors (Lipinski definition) is 0. The quantitative estimate of drug-likeness (QED) is 0.437. The Balaban J connectivity index is 2.83. The van der Waals surface area contributed by atoms with Gasteiger partial charge in [-0.15, -0.1) is 0 Å². The molecule has 0 N–H and O–H groups in total. The number of carbonyl (C=O) groups excluding carboxylic acids is 1. The molecule has 1 aliphatic rings. The fourth-order valence-corrected chi connectivity index (χ4v) is 11.4. The van der Waals surface area contributed by atoms with Crippen molar-refractivity contribution in [3.8, 4) is 0 Å². The lowest BCUT2D eigenvalue weighted by molar-refractivity contribution is -0.140. The van der Waals surface area contributed by atoms with Gasteiger partial charge in [0.15, 0.2) is 0 Å². The minimum atomic E-state index is -1.48.